The minimum Gasteiger partial charge on any atom is -0.459 e. The van der Waals surface area contributed by atoms with Crippen molar-refractivity contribution in [1.29, 1.82) is 0 Å². The van der Waals surface area contributed by atoms with Gasteiger partial charge >= 0.3 is 5.97 Å². The highest BCUT2D eigenvalue weighted by molar-refractivity contribution is 7.19. The SMILES string of the molecule is Cc1ccc(-c2nn(CC(=O)OCc3ccccc3)c(=O)c3nc(C)sc23)cc1. The first-order valence-corrected chi connectivity index (χ1v) is 9.98. The molecule has 0 aliphatic heterocycles. The van der Waals surface area contributed by atoms with E-state index in [-0.39, 0.29) is 13.2 Å². The van der Waals surface area contributed by atoms with Crippen molar-refractivity contribution in [3.05, 3.63) is 81.1 Å². The smallest absolute Gasteiger partial charge is 0.328 e. The fourth-order valence-electron chi connectivity index (χ4n) is 2.98. The lowest BCUT2D eigenvalue weighted by molar-refractivity contribution is -0.146. The van der Waals surface area contributed by atoms with Crippen LogP contribution in [0.2, 0.25) is 0 Å². The highest BCUT2D eigenvalue weighted by Crippen LogP contribution is 2.29. The van der Waals surface area contributed by atoms with Gasteiger partial charge in [-0.1, -0.05) is 60.2 Å². The maximum atomic E-state index is 12.8. The van der Waals surface area contributed by atoms with Crippen molar-refractivity contribution in [1.82, 2.24) is 14.8 Å². The Morgan fingerprint density at radius 1 is 1.07 bits per heavy atom. The van der Waals surface area contributed by atoms with Crippen LogP contribution in [-0.4, -0.2) is 20.7 Å². The van der Waals surface area contributed by atoms with E-state index in [0.717, 1.165) is 31.1 Å². The quantitative estimate of drug-likeness (QED) is 0.471. The molecule has 2 heterocycles. The molecule has 0 radical (unpaired) electrons. The van der Waals surface area contributed by atoms with E-state index in [2.05, 4.69) is 10.1 Å². The normalized spacial score (nSPS) is 11.0. The second-order valence-corrected chi connectivity index (χ2v) is 7.94. The number of carbonyl (C=O) groups is 1. The molecule has 0 unspecified atom stereocenters. The average Bonchev–Trinajstić information content (AvgIpc) is 3.12. The maximum Gasteiger partial charge on any atom is 0.328 e. The molecule has 0 amide bonds. The Morgan fingerprint density at radius 2 is 1.79 bits per heavy atom. The highest BCUT2D eigenvalue weighted by Gasteiger charge is 2.18. The van der Waals surface area contributed by atoms with E-state index >= 15 is 0 Å². The highest BCUT2D eigenvalue weighted by atomic mass is 32.1. The maximum absolute atomic E-state index is 12.8. The first-order valence-electron chi connectivity index (χ1n) is 9.16. The first-order chi connectivity index (χ1) is 14.0. The Kier molecular flexibility index (Phi) is 5.22. The standard InChI is InChI=1S/C22H19N3O3S/c1-14-8-10-17(11-9-14)19-21-20(23-15(2)29-21)22(27)25(24-19)12-18(26)28-13-16-6-4-3-5-7-16/h3-11H,12-13H2,1-2H3. The van der Waals surface area contributed by atoms with Gasteiger partial charge in [-0.2, -0.15) is 5.10 Å². The van der Waals surface area contributed by atoms with Gasteiger partial charge in [-0.3, -0.25) is 9.59 Å². The molecule has 0 saturated heterocycles. The number of fused-ring (bicyclic) bond motifs is 1. The number of aryl methyl sites for hydroxylation is 2. The van der Waals surface area contributed by atoms with Crippen LogP contribution in [0.4, 0.5) is 0 Å². The molecule has 2 aromatic heterocycles. The third kappa shape index (κ3) is 4.09. The average molecular weight is 405 g/mol. The van der Waals surface area contributed by atoms with Crippen LogP contribution in [-0.2, 0) is 22.7 Å². The summed E-state index contributed by atoms with van der Waals surface area (Å²) in [6, 6.07) is 17.3. The first kappa shape index (κ1) is 19.0. The number of hydrogen-bond acceptors (Lipinski definition) is 6. The number of rotatable bonds is 5. The van der Waals surface area contributed by atoms with Crippen LogP contribution in [0.3, 0.4) is 0 Å². The van der Waals surface area contributed by atoms with Crippen LogP contribution in [0.15, 0.2) is 59.4 Å². The molecule has 7 heteroatoms. The topological polar surface area (TPSA) is 74.1 Å². The number of carbonyl (C=O) groups excluding carboxylic acids is 1. The van der Waals surface area contributed by atoms with Gasteiger partial charge in [0.1, 0.15) is 18.8 Å². The molecule has 0 aliphatic rings. The summed E-state index contributed by atoms with van der Waals surface area (Å²) in [7, 11) is 0. The number of hydrogen-bond donors (Lipinski definition) is 0. The van der Waals surface area contributed by atoms with Crippen LogP contribution >= 0.6 is 11.3 Å². The Hall–Kier alpha value is -3.32. The summed E-state index contributed by atoms with van der Waals surface area (Å²) in [4.78, 5) is 29.5. The van der Waals surface area contributed by atoms with Gasteiger partial charge < -0.3 is 4.74 Å². The van der Waals surface area contributed by atoms with Crippen LogP contribution < -0.4 is 5.56 Å². The fraction of sp³-hybridized carbons (Fsp3) is 0.182. The molecule has 0 fully saturated rings. The van der Waals surface area contributed by atoms with Crippen LogP contribution in [0, 0.1) is 13.8 Å². The minimum absolute atomic E-state index is 0.150. The largest absolute Gasteiger partial charge is 0.459 e. The van der Waals surface area contributed by atoms with Gasteiger partial charge in [-0.15, -0.1) is 11.3 Å². The third-order valence-electron chi connectivity index (χ3n) is 4.45. The van der Waals surface area contributed by atoms with E-state index in [0.29, 0.717) is 11.2 Å². The minimum atomic E-state index is -0.524. The summed E-state index contributed by atoms with van der Waals surface area (Å²) in [5.74, 6) is -0.524. The molecule has 2 aromatic carbocycles. The van der Waals surface area contributed by atoms with E-state index in [1.165, 1.54) is 11.3 Å². The molecular formula is C22H19N3O3S. The Morgan fingerprint density at radius 3 is 2.52 bits per heavy atom. The third-order valence-corrected chi connectivity index (χ3v) is 5.43. The van der Waals surface area contributed by atoms with Crippen molar-refractivity contribution in [2.24, 2.45) is 0 Å². The van der Waals surface area contributed by atoms with Crippen molar-refractivity contribution in [3.63, 3.8) is 0 Å². The van der Waals surface area contributed by atoms with E-state index < -0.39 is 11.5 Å². The molecule has 0 bridgehead atoms. The van der Waals surface area contributed by atoms with E-state index in [1.54, 1.807) is 0 Å². The van der Waals surface area contributed by atoms with Gasteiger partial charge in [0.25, 0.3) is 5.56 Å². The lowest BCUT2D eigenvalue weighted by Crippen LogP contribution is -2.28. The number of esters is 1. The van der Waals surface area contributed by atoms with E-state index in [9.17, 15) is 9.59 Å². The molecule has 146 valence electrons. The molecule has 4 rings (SSSR count). The summed E-state index contributed by atoms with van der Waals surface area (Å²) in [5.41, 5.74) is 3.46. The van der Waals surface area contributed by atoms with E-state index in [4.69, 9.17) is 4.74 Å². The number of nitrogens with zero attached hydrogens (tertiary/aromatic N) is 3. The predicted molar refractivity (Wildman–Crippen MR) is 113 cm³/mol. The van der Waals surface area contributed by atoms with Crippen LogP contribution in [0.25, 0.3) is 21.5 Å². The summed E-state index contributed by atoms with van der Waals surface area (Å²) in [6.45, 7) is 3.74. The number of benzene rings is 2. The van der Waals surface area contributed by atoms with Gasteiger partial charge in [0, 0.05) is 5.56 Å². The lowest BCUT2D eigenvalue weighted by atomic mass is 10.1. The van der Waals surface area contributed by atoms with Crippen molar-refractivity contribution < 1.29 is 9.53 Å². The number of thiazole rings is 1. The molecule has 0 aliphatic carbocycles. The molecule has 0 atom stereocenters. The zero-order valence-corrected chi connectivity index (χ0v) is 16.9. The van der Waals surface area contributed by atoms with Gasteiger partial charge in [0.15, 0.2) is 5.52 Å². The second-order valence-electron chi connectivity index (χ2n) is 6.73. The number of aromatic nitrogens is 3. The summed E-state index contributed by atoms with van der Waals surface area (Å²) >= 11 is 1.42. The zero-order valence-electron chi connectivity index (χ0n) is 16.1. The lowest BCUT2D eigenvalue weighted by Gasteiger charge is -2.09. The van der Waals surface area contributed by atoms with Crippen molar-refractivity contribution >= 4 is 27.5 Å². The van der Waals surface area contributed by atoms with Gasteiger partial charge in [-0.05, 0) is 19.4 Å². The summed E-state index contributed by atoms with van der Waals surface area (Å²) in [5, 5.41) is 5.26. The summed E-state index contributed by atoms with van der Waals surface area (Å²) in [6.07, 6.45) is 0. The van der Waals surface area contributed by atoms with Crippen molar-refractivity contribution in [3.8, 4) is 11.3 Å². The Balaban J connectivity index is 1.67. The molecule has 29 heavy (non-hydrogen) atoms. The molecule has 0 spiro atoms. The molecule has 0 N–H and O–H groups in total. The molecule has 0 saturated carbocycles. The van der Waals surface area contributed by atoms with Gasteiger partial charge in [0.2, 0.25) is 0 Å². The van der Waals surface area contributed by atoms with Crippen molar-refractivity contribution in [2.45, 2.75) is 27.0 Å². The number of ether oxygens (including phenoxy) is 1. The monoisotopic (exact) mass is 405 g/mol. The molecule has 6 nitrogen and oxygen atoms in total. The van der Waals surface area contributed by atoms with Crippen LogP contribution in [0.5, 0.6) is 0 Å². The second kappa shape index (κ2) is 7.97. The van der Waals surface area contributed by atoms with Crippen molar-refractivity contribution in [2.75, 3.05) is 0 Å². The Bertz CT molecular complexity index is 1230. The summed E-state index contributed by atoms with van der Waals surface area (Å²) < 4.78 is 7.18. The Labute approximate surface area is 171 Å². The van der Waals surface area contributed by atoms with Gasteiger partial charge in [0.05, 0.1) is 9.71 Å². The fourth-order valence-corrected chi connectivity index (χ4v) is 3.90. The molecule has 4 aromatic rings. The van der Waals surface area contributed by atoms with E-state index in [1.807, 2.05) is 68.4 Å². The van der Waals surface area contributed by atoms with Crippen LogP contribution in [0.1, 0.15) is 16.1 Å². The zero-order chi connectivity index (χ0) is 20.4. The van der Waals surface area contributed by atoms with Gasteiger partial charge in [-0.25, -0.2) is 9.67 Å². The predicted octanol–water partition coefficient (Wildman–Crippen LogP) is 3.88. The molecular weight excluding hydrogens is 386 g/mol.